The first-order chi connectivity index (χ1) is 16.4. The van der Waals surface area contributed by atoms with E-state index in [2.05, 4.69) is 17.4 Å². The number of amides is 2. The van der Waals surface area contributed by atoms with Gasteiger partial charge in [0.1, 0.15) is 12.1 Å². The van der Waals surface area contributed by atoms with Gasteiger partial charge in [0.25, 0.3) is 0 Å². The number of morpholine rings is 1. The topological polar surface area (TPSA) is 105 Å². The molecule has 0 aromatic heterocycles. The minimum atomic E-state index is -1.23. The highest BCUT2D eigenvalue weighted by Gasteiger charge is 2.52. The quantitative estimate of drug-likeness (QED) is 0.681. The van der Waals surface area contributed by atoms with Gasteiger partial charge >= 0.3 is 12.1 Å². The SMILES string of the molecule is CC(NC(=O)OCC1c2ccccc2-c2ccccc21)(C(=O)N1CCOCC1C(=O)O)C1CC1. The Labute approximate surface area is 197 Å². The van der Waals surface area contributed by atoms with E-state index in [1.54, 1.807) is 6.92 Å². The summed E-state index contributed by atoms with van der Waals surface area (Å²) in [5, 5.41) is 12.3. The van der Waals surface area contributed by atoms with Crippen molar-refractivity contribution < 1.29 is 29.0 Å². The van der Waals surface area contributed by atoms with E-state index in [0.29, 0.717) is 0 Å². The maximum atomic E-state index is 13.5. The number of carbonyl (C=O) groups is 3. The lowest BCUT2D eigenvalue weighted by Crippen LogP contribution is -2.64. The molecule has 8 nitrogen and oxygen atoms in total. The summed E-state index contributed by atoms with van der Waals surface area (Å²) in [6, 6.07) is 15.1. The van der Waals surface area contributed by atoms with E-state index in [0.717, 1.165) is 35.1 Å². The average Bonchev–Trinajstić information content (AvgIpc) is 3.66. The van der Waals surface area contributed by atoms with Crippen LogP contribution in [0.2, 0.25) is 0 Å². The normalized spacial score (nSPS) is 21.2. The van der Waals surface area contributed by atoms with Crippen LogP contribution in [0.15, 0.2) is 48.5 Å². The van der Waals surface area contributed by atoms with Crippen molar-refractivity contribution >= 4 is 18.0 Å². The van der Waals surface area contributed by atoms with Crippen LogP contribution in [0.25, 0.3) is 11.1 Å². The molecule has 5 rings (SSSR count). The highest BCUT2D eigenvalue weighted by atomic mass is 16.5. The second kappa shape index (κ2) is 8.76. The Morgan fingerprint density at radius 3 is 2.29 bits per heavy atom. The van der Waals surface area contributed by atoms with E-state index in [4.69, 9.17) is 9.47 Å². The van der Waals surface area contributed by atoms with Gasteiger partial charge in [-0.25, -0.2) is 9.59 Å². The molecule has 2 fully saturated rings. The summed E-state index contributed by atoms with van der Waals surface area (Å²) >= 11 is 0. The van der Waals surface area contributed by atoms with Crippen LogP contribution in [0.1, 0.15) is 36.8 Å². The number of fused-ring (bicyclic) bond motifs is 3. The molecule has 178 valence electrons. The van der Waals surface area contributed by atoms with Crippen molar-refractivity contribution in [1.29, 1.82) is 0 Å². The second-order valence-electron chi connectivity index (χ2n) is 9.35. The molecule has 1 aliphatic heterocycles. The molecule has 0 radical (unpaired) electrons. The first kappa shape index (κ1) is 22.4. The molecule has 0 spiro atoms. The Morgan fingerprint density at radius 2 is 1.71 bits per heavy atom. The van der Waals surface area contributed by atoms with Crippen molar-refractivity contribution in [1.82, 2.24) is 10.2 Å². The molecule has 2 N–H and O–H groups in total. The predicted octanol–water partition coefficient (Wildman–Crippen LogP) is 3.01. The standard InChI is InChI=1S/C26H28N2O6/c1-26(16-10-11-16,24(31)28-12-13-33-15-22(28)23(29)30)27-25(32)34-14-21-19-8-4-2-6-17(19)18-7-3-5-9-20(18)21/h2-9,16,21-22H,10-15H2,1H3,(H,27,32)(H,29,30). The maximum absolute atomic E-state index is 13.5. The van der Waals surface area contributed by atoms with E-state index in [1.807, 2.05) is 36.4 Å². The number of carboxylic acid groups (broad SMARTS) is 1. The third kappa shape index (κ3) is 3.92. The Hall–Kier alpha value is -3.39. The number of aliphatic carboxylic acids is 1. The average molecular weight is 465 g/mol. The van der Waals surface area contributed by atoms with Crippen LogP contribution in [0.3, 0.4) is 0 Å². The molecule has 2 aromatic carbocycles. The van der Waals surface area contributed by atoms with Crippen LogP contribution < -0.4 is 5.32 Å². The number of carboxylic acids is 1. The van der Waals surface area contributed by atoms with E-state index >= 15 is 0 Å². The Kier molecular flexibility index (Phi) is 5.77. The van der Waals surface area contributed by atoms with Crippen LogP contribution in [-0.2, 0) is 19.1 Å². The lowest BCUT2D eigenvalue weighted by Gasteiger charge is -2.39. The van der Waals surface area contributed by atoms with Gasteiger partial charge in [0, 0.05) is 12.5 Å². The van der Waals surface area contributed by atoms with Crippen molar-refractivity contribution in [2.75, 3.05) is 26.4 Å². The first-order valence-corrected chi connectivity index (χ1v) is 11.6. The van der Waals surface area contributed by atoms with E-state index in [1.165, 1.54) is 4.90 Å². The molecule has 2 amide bonds. The van der Waals surface area contributed by atoms with Gasteiger partial charge in [-0.3, -0.25) is 4.79 Å². The third-order valence-electron chi connectivity index (χ3n) is 7.22. The fraction of sp³-hybridized carbons (Fsp3) is 0.423. The Morgan fingerprint density at radius 1 is 1.09 bits per heavy atom. The molecule has 34 heavy (non-hydrogen) atoms. The third-order valence-corrected chi connectivity index (χ3v) is 7.22. The van der Waals surface area contributed by atoms with Gasteiger partial charge in [-0.1, -0.05) is 48.5 Å². The summed E-state index contributed by atoms with van der Waals surface area (Å²) < 4.78 is 10.9. The van der Waals surface area contributed by atoms with Gasteiger partial charge in [-0.05, 0) is 47.9 Å². The van der Waals surface area contributed by atoms with E-state index < -0.39 is 29.6 Å². The van der Waals surface area contributed by atoms with E-state index in [-0.39, 0.29) is 38.2 Å². The van der Waals surface area contributed by atoms with E-state index in [9.17, 15) is 19.5 Å². The first-order valence-electron chi connectivity index (χ1n) is 11.6. The summed E-state index contributed by atoms with van der Waals surface area (Å²) in [6.45, 7) is 2.19. The summed E-state index contributed by atoms with van der Waals surface area (Å²) in [4.78, 5) is 39.4. The summed E-state index contributed by atoms with van der Waals surface area (Å²) in [7, 11) is 0. The zero-order valence-electron chi connectivity index (χ0n) is 19.0. The fourth-order valence-electron chi connectivity index (χ4n) is 5.19. The van der Waals surface area contributed by atoms with Gasteiger partial charge in [0.05, 0.1) is 13.2 Å². The number of rotatable bonds is 6. The van der Waals surface area contributed by atoms with Crippen LogP contribution in [-0.4, -0.2) is 65.9 Å². The highest BCUT2D eigenvalue weighted by Crippen LogP contribution is 2.45. The molecule has 1 heterocycles. The largest absolute Gasteiger partial charge is 0.480 e. The molecule has 8 heteroatoms. The monoisotopic (exact) mass is 464 g/mol. The molecule has 0 bridgehead atoms. The molecule has 1 saturated heterocycles. The van der Waals surface area contributed by atoms with Crippen LogP contribution in [0, 0.1) is 5.92 Å². The summed E-state index contributed by atoms with van der Waals surface area (Å²) in [5.74, 6) is -1.67. The number of hydrogen-bond acceptors (Lipinski definition) is 5. The number of alkyl carbamates (subject to hydrolysis) is 1. The molecular weight excluding hydrogens is 436 g/mol. The second-order valence-corrected chi connectivity index (χ2v) is 9.35. The minimum absolute atomic E-state index is 0.0576. The molecule has 2 atom stereocenters. The van der Waals surface area contributed by atoms with Crippen molar-refractivity contribution in [3.63, 3.8) is 0 Å². The molecule has 1 saturated carbocycles. The van der Waals surface area contributed by atoms with Crippen molar-refractivity contribution in [2.45, 2.75) is 37.3 Å². The summed E-state index contributed by atoms with van der Waals surface area (Å²) in [5.41, 5.74) is 3.26. The molecule has 2 aliphatic carbocycles. The van der Waals surface area contributed by atoms with Gasteiger partial charge < -0.3 is 24.8 Å². The fourth-order valence-corrected chi connectivity index (χ4v) is 5.19. The van der Waals surface area contributed by atoms with Crippen molar-refractivity contribution in [3.05, 3.63) is 59.7 Å². The summed E-state index contributed by atoms with van der Waals surface area (Å²) in [6.07, 6.45) is 0.895. The highest BCUT2D eigenvalue weighted by molar-refractivity contribution is 5.93. The molecule has 3 aliphatic rings. The zero-order valence-corrected chi connectivity index (χ0v) is 19.0. The van der Waals surface area contributed by atoms with Gasteiger partial charge in [0.15, 0.2) is 6.04 Å². The number of hydrogen-bond donors (Lipinski definition) is 2. The number of carbonyl (C=O) groups excluding carboxylic acids is 2. The smallest absolute Gasteiger partial charge is 0.408 e. The van der Waals surface area contributed by atoms with Crippen molar-refractivity contribution in [3.8, 4) is 11.1 Å². The Balaban J connectivity index is 1.30. The van der Waals surface area contributed by atoms with Crippen LogP contribution >= 0.6 is 0 Å². The van der Waals surface area contributed by atoms with Crippen LogP contribution in [0.4, 0.5) is 4.79 Å². The molecular formula is C26H28N2O6. The van der Waals surface area contributed by atoms with Gasteiger partial charge in [-0.15, -0.1) is 0 Å². The maximum Gasteiger partial charge on any atom is 0.408 e. The van der Waals surface area contributed by atoms with Gasteiger partial charge in [0.2, 0.25) is 5.91 Å². The lowest BCUT2D eigenvalue weighted by atomic mass is 9.93. The number of ether oxygens (including phenoxy) is 2. The molecule has 2 aromatic rings. The Bertz CT molecular complexity index is 1080. The zero-order chi connectivity index (χ0) is 23.9. The van der Waals surface area contributed by atoms with Gasteiger partial charge in [-0.2, -0.15) is 0 Å². The number of nitrogens with zero attached hydrogens (tertiary/aromatic N) is 1. The minimum Gasteiger partial charge on any atom is -0.480 e. The predicted molar refractivity (Wildman–Crippen MR) is 123 cm³/mol. The van der Waals surface area contributed by atoms with Crippen molar-refractivity contribution in [2.24, 2.45) is 5.92 Å². The molecule has 2 unspecified atom stereocenters. The number of nitrogens with one attached hydrogen (secondary N) is 1. The van der Waals surface area contributed by atoms with Crippen LogP contribution in [0.5, 0.6) is 0 Å². The lowest BCUT2D eigenvalue weighted by molar-refractivity contribution is -0.161. The number of benzene rings is 2.